The molecule has 2 N–H and O–H groups in total. The van der Waals surface area contributed by atoms with E-state index in [0.29, 0.717) is 11.4 Å². The smallest absolute Gasteiger partial charge is 0.442 e. The number of rotatable bonds is 16. The molecular formula is C49H50ClF6N9O10. The molecule has 19 nitrogen and oxygen atoms in total. The Morgan fingerprint density at radius 2 is 1.15 bits per heavy atom. The SMILES string of the molecule is CCn1c(=O)n(CCCO)c(=O)c2c1nc(Oc1cccc(OC(F)(F)F)c1)n2Cc1ccc(C)nc1.CCn1c2c(c(=O)n(CCCO)c1=O)CC(Oc1cccc(OC(F)(F)F)c1)=N2.Cc1ccc(CCl)cn1. The van der Waals surface area contributed by atoms with E-state index >= 15 is 0 Å². The van der Waals surface area contributed by atoms with Gasteiger partial charge in [-0.2, -0.15) is 9.98 Å². The third kappa shape index (κ3) is 14.7. The Morgan fingerprint density at radius 3 is 1.64 bits per heavy atom. The lowest BCUT2D eigenvalue weighted by molar-refractivity contribution is -0.275. The summed E-state index contributed by atoms with van der Waals surface area (Å²) >= 11 is 5.54. The van der Waals surface area contributed by atoms with Gasteiger partial charge in [-0.25, -0.2) is 9.59 Å². The van der Waals surface area contributed by atoms with Crippen molar-refractivity contribution in [1.29, 1.82) is 0 Å². The van der Waals surface area contributed by atoms with Crippen molar-refractivity contribution in [1.82, 2.24) is 37.8 Å². The minimum Gasteiger partial charge on any atom is -0.442 e. The molecule has 1 aliphatic heterocycles. The Labute approximate surface area is 427 Å². The second-order valence-corrected chi connectivity index (χ2v) is 16.5. The number of halogens is 7. The maximum absolute atomic E-state index is 13.5. The maximum Gasteiger partial charge on any atom is 0.573 e. The van der Waals surface area contributed by atoms with Crippen molar-refractivity contribution in [2.45, 2.75) is 98.3 Å². The van der Waals surface area contributed by atoms with E-state index in [1.165, 1.54) is 38.0 Å². The first kappa shape index (κ1) is 56.5. The maximum atomic E-state index is 13.5. The summed E-state index contributed by atoms with van der Waals surface area (Å²) < 4.78 is 101. The number of aryl methyl sites for hydroxylation is 3. The molecule has 400 valence electrons. The van der Waals surface area contributed by atoms with Crippen LogP contribution in [0.25, 0.3) is 11.2 Å². The van der Waals surface area contributed by atoms with Crippen LogP contribution in [0.1, 0.15) is 54.8 Å². The molecule has 8 rings (SSSR count). The van der Waals surface area contributed by atoms with Gasteiger partial charge in [0, 0.05) is 81.2 Å². The number of aliphatic hydroxyl groups is 2. The number of fused-ring (bicyclic) bond motifs is 2. The van der Waals surface area contributed by atoms with Crippen molar-refractivity contribution in [3.8, 4) is 29.0 Å². The molecule has 1 aliphatic rings. The van der Waals surface area contributed by atoms with E-state index in [1.54, 1.807) is 38.4 Å². The molecule has 75 heavy (non-hydrogen) atoms. The zero-order valence-electron chi connectivity index (χ0n) is 40.7. The highest BCUT2D eigenvalue weighted by molar-refractivity contribution is 6.17. The van der Waals surface area contributed by atoms with Crippen molar-refractivity contribution in [2.24, 2.45) is 4.99 Å². The van der Waals surface area contributed by atoms with Gasteiger partial charge in [0.2, 0.25) is 5.90 Å². The number of aliphatic imine (C=N–C) groups is 1. The number of pyridine rings is 2. The zero-order chi connectivity index (χ0) is 54.6. The minimum atomic E-state index is -4.89. The van der Waals surface area contributed by atoms with Crippen LogP contribution in [-0.2, 0) is 45.0 Å². The molecule has 0 unspecified atom stereocenters. The van der Waals surface area contributed by atoms with Crippen LogP contribution in [0.15, 0.2) is 109 Å². The summed E-state index contributed by atoms with van der Waals surface area (Å²) in [6, 6.07) is 17.2. The van der Waals surface area contributed by atoms with Crippen molar-refractivity contribution < 1.29 is 55.5 Å². The van der Waals surface area contributed by atoms with E-state index in [1.807, 2.05) is 26.0 Å². The molecule has 0 spiro atoms. The quantitative estimate of drug-likeness (QED) is 0.0717. The van der Waals surface area contributed by atoms with Gasteiger partial charge < -0.3 is 29.2 Å². The summed E-state index contributed by atoms with van der Waals surface area (Å²) in [5, 5.41) is 18.2. The van der Waals surface area contributed by atoms with Gasteiger partial charge in [0.15, 0.2) is 11.2 Å². The predicted octanol–water partition coefficient (Wildman–Crippen LogP) is 7.31. The Bertz CT molecular complexity index is 3370. The summed E-state index contributed by atoms with van der Waals surface area (Å²) in [6.45, 7) is 7.40. The number of aliphatic hydroxyl groups excluding tert-OH is 2. The first-order chi connectivity index (χ1) is 35.7. The number of hydrogen-bond donors (Lipinski definition) is 2. The standard InChI is InChI=1S/C24H24F3N5O5.C18H18F3N3O5.C7H8ClN/c1-3-30-20-19(21(34)31(23(30)35)10-5-11-33)32(14-16-9-8-15(2)28-13-16)22(29-20)36-17-6-4-7-18(12-17)37-24(25,26)27;1-2-23-15-13(16(26)24(17(23)27)7-4-8-25)10-14(22-15)28-11-5-3-6-12(9-11)29-18(19,20)21;1-6-2-3-7(4-8)5-9-6/h4,6-9,12-13,33H,3,5,10-11,14H2,1-2H3;3,5-6,9,25H,2,4,7-8,10H2,1H3;2-3,5H,4H2,1H3. The van der Waals surface area contributed by atoms with Crippen LogP contribution >= 0.6 is 11.6 Å². The highest BCUT2D eigenvalue weighted by Gasteiger charge is 2.33. The van der Waals surface area contributed by atoms with Crippen LogP contribution in [-0.4, -0.2) is 79.8 Å². The van der Waals surface area contributed by atoms with Gasteiger partial charge in [0.25, 0.3) is 11.1 Å². The molecule has 0 radical (unpaired) electrons. The monoisotopic (exact) mass is 1070 g/mol. The normalized spacial score (nSPS) is 12.0. The number of alkyl halides is 7. The fourth-order valence-corrected chi connectivity index (χ4v) is 7.53. The number of hydrogen-bond acceptors (Lipinski definition) is 14. The molecule has 7 aromatic rings. The Morgan fingerprint density at radius 1 is 0.640 bits per heavy atom. The lowest BCUT2D eigenvalue weighted by Gasteiger charge is -2.13. The molecule has 0 atom stereocenters. The number of imidazole rings is 1. The van der Waals surface area contributed by atoms with Gasteiger partial charge in [0.05, 0.1) is 18.5 Å². The highest BCUT2D eigenvalue weighted by Crippen LogP contribution is 2.31. The lowest BCUT2D eigenvalue weighted by Crippen LogP contribution is -2.41. The van der Waals surface area contributed by atoms with Gasteiger partial charge in [-0.05, 0) is 88.1 Å². The fourth-order valence-electron chi connectivity index (χ4n) is 7.38. The number of aromatic nitrogens is 8. The summed E-state index contributed by atoms with van der Waals surface area (Å²) in [4.78, 5) is 68.6. The molecule has 0 fully saturated rings. The van der Waals surface area contributed by atoms with E-state index in [0.717, 1.165) is 50.4 Å². The van der Waals surface area contributed by atoms with Crippen LogP contribution < -0.4 is 41.4 Å². The molecular weight excluding hydrogens is 1020 g/mol. The second kappa shape index (κ2) is 25.0. The highest BCUT2D eigenvalue weighted by atomic mass is 35.5. The molecule has 0 amide bonds. The largest absolute Gasteiger partial charge is 0.573 e. The summed E-state index contributed by atoms with van der Waals surface area (Å²) in [5.41, 5.74) is 1.66. The van der Waals surface area contributed by atoms with E-state index in [2.05, 4.69) is 29.4 Å². The first-order valence-corrected chi connectivity index (χ1v) is 23.6. The van der Waals surface area contributed by atoms with Gasteiger partial charge >= 0.3 is 30.1 Å². The fraction of sp³-hybridized carbons (Fsp3) is 0.347. The summed E-state index contributed by atoms with van der Waals surface area (Å²) in [6.07, 6.45) is -5.90. The van der Waals surface area contributed by atoms with Crippen LogP contribution in [0.3, 0.4) is 0 Å². The lowest BCUT2D eigenvalue weighted by atomic mass is 10.2. The third-order valence-electron chi connectivity index (χ3n) is 10.8. The molecule has 2 aromatic carbocycles. The van der Waals surface area contributed by atoms with Crippen molar-refractivity contribution in [3.05, 3.63) is 155 Å². The second-order valence-electron chi connectivity index (χ2n) is 16.3. The first-order valence-electron chi connectivity index (χ1n) is 23.0. The average Bonchev–Trinajstić information content (AvgIpc) is 3.93. The van der Waals surface area contributed by atoms with Gasteiger partial charge in [-0.3, -0.25) is 42.4 Å². The number of benzene rings is 2. The van der Waals surface area contributed by atoms with Gasteiger partial charge in [-0.15, -0.1) is 37.9 Å². The van der Waals surface area contributed by atoms with Crippen LogP contribution in [0, 0.1) is 13.8 Å². The Kier molecular flexibility index (Phi) is 18.8. The molecule has 5 aromatic heterocycles. The predicted molar refractivity (Wildman–Crippen MR) is 262 cm³/mol. The van der Waals surface area contributed by atoms with E-state index < -0.39 is 46.7 Å². The molecule has 26 heteroatoms. The minimum absolute atomic E-state index is 0.00556. The van der Waals surface area contributed by atoms with Gasteiger partial charge in [-0.1, -0.05) is 24.3 Å². The average molecular weight is 1070 g/mol. The van der Waals surface area contributed by atoms with Crippen molar-refractivity contribution in [2.75, 3.05) is 13.2 Å². The molecule has 0 bridgehead atoms. The number of ether oxygens (including phenoxy) is 4. The number of nitrogens with zero attached hydrogens (tertiary/aromatic N) is 9. The van der Waals surface area contributed by atoms with Crippen LogP contribution in [0.5, 0.6) is 29.0 Å². The van der Waals surface area contributed by atoms with Crippen LogP contribution in [0.2, 0.25) is 0 Å². The summed E-state index contributed by atoms with van der Waals surface area (Å²) in [7, 11) is 0. The Balaban J connectivity index is 0.000000213. The summed E-state index contributed by atoms with van der Waals surface area (Å²) in [5.74, 6) is -0.137. The van der Waals surface area contributed by atoms with Crippen molar-refractivity contribution >= 4 is 34.5 Å². The van der Waals surface area contributed by atoms with Crippen LogP contribution in [0.4, 0.5) is 32.2 Å². The Hall–Kier alpha value is -7.77. The van der Waals surface area contributed by atoms with Crippen molar-refractivity contribution in [3.63, 3.8) is 0 Å². The molecule has 0 aliphatic carbocycles. The molecule has 0 saturated heterocycles. The van der Waals surface area contributed by atoms with E-state index in [4.69, 9.17) is 26.2 Å². The third-order valence-corrected chi connectivity index (χ3v) is 11.1. The van der Waals surface area contributed by atoms with E-state index in [9.17, 15) is 50.6 Å². The topological polar surface area (TPSA) is 221 Å². The van der Waals surface area contributed by atoms with E-state index in [-0.39, 0.29) is 111 Å². The molecule has 0 saturated carbocycles. The molecule has 6 heterocycles. The van der Waals surface area contributed by atoms with Gasteiger partial charge in [0.1, 0.15) is 28.8 Å². The zero-order valence-corrected chi connectivity index (χ0v) is 41.4.